The highest BCUT2D eigenvalue weighted by Crippen LogP contribution is 2.20. The van der Waals surface area contributed by atoms with Crippen molar-refractivity contribution in [2.45, 2.75) is 13.3 Å². The summed E-state index contributed by atoms with van der Waals surface area (Å²) in [7, 11) is 0. The Kier molecular flexibility index (Phi) is 3.57. The van der Waals surface area contributed by atoms with Crippen LogP contribution in [-0.2, 0) is 6.42 Å². The number of aromatic hydroxyl groups is 1. The summed E-state index contributed by atoms with van der Waals surface area (Å²) in [4.78, 5) is 16.4. The molecule has 0 amide bonds. The standard InChI is InChI=1S/C17H13FN6O/c1-10-3-2-4-11(5-10)6-13-16-20-9-21-24(16)8-14(22-13)15-19-7-12(18)17(25)23-15/h2-5,7-9H,6H2,1H3,(H,19,23,25). The third-order valence-electron chi connectivity index (χ3n) is 3.74. The summed E-state index contributed by atoms with van der Waals surface area (Å²) in [5.41, 5.74) is 3.91. The van der Waals surface area contributed by atoms with Gasteiger partial charge in [-0.05, 0) is 12.5 Å². The van der Waals surface area contributed by atoms with Crippen molar-refractivity contribution in [1.82, 2.24) is 29.5 Å². The zero-order valence-electron chi connectivity index (χ0n) is 13.3. The summed E-state index contributed by atoms with van der Waals surface area (Å²) in [6.45, 7) is 2.02. The Bertz CT molecular complexity index is 1080. The summed E-state index contributed by atoms with van der Waals surface area (Å²) in [5, 5.41) is 13.6. The van der Waals surface area contributed by atoms with Gasteiger partial charge in [0.25, 0.3) is 5.88 Å². The third-order valence-corrected chi connectivity index (χ3v) is 3.74. The Hall–Kier alpha value is -3.42. The molecule has 1 aromatic carbocycles. The predicted octanol–water partition coefficient (Wildman–Crippen LogP) is 2.33. The Morgan fingerprint density at radius 3 is 2.88 bits per heavy atom. The fourth-order valence-electron chi connectivity index (χ4n) is 2.61. The smallest absolute Gasteiger partial charge is 0.251 e. The minimum absolute atomic E-state index is 0.113. The van der Waals surface area contributed by atoms with E-state index in [9.17, 15) is 9.50 Å². The van der Waals surface area contributed by atoms with Crippen LogP contribution in [0.5, 0.6) is 5.88 Å². The minimum Gasteiger partial charge on any atom is -0.491 e. The lowest BCUT2D eigenvalue weighted by molar-refractivity contribution is 0.409. The summed E-state index contributed by atoms with van der Waals surface area (Å²) in [6, 6.07) is 8.09. The van der Waals surface area contributed by atoms with Crippen molar-refractivity contribution in [3.63, 3.8) is 0 Å². The Balaban J connectivity index is 1.83. The highest BCUT2D eigenvalue weighted by molar-refractivity contribution is 5.55. The molecule has 0 bridgehead atoms. The van der Waals surface area contributed by atoms with Crippen LogP contribution in [-0.4, -0.2) is 34.7 Å². The van der Waals surface area contributed by atoms with Gasteiger partial charge in [-0.2, -0.15) is 14.5 Å². The molecule has 1 N–H and O–H groups in total. The van der Waals surface area contributed by atoms with Crippen LogP contribution in [0.25, 0.3) is 17.2 Å². The molecule has 124 valence electrons. The molecule has 8 heteroatoms. The van der Waals surface area contributed by atoms with Crippen molar-refractivity contribution in [2.24, 2.45) is 0 Å². The molecule has 0 aliphatic rings. The maximum Gasteiger partial charge on any atom is 0.251 e. The van der Waals surface area contributed by atoms with E-state index < -0.39 is 11.7 Å². The number of nitrogens with zero attached hydrogens (tertiary/aromatic N) is 6. The van der Waals surface area contributed by atoms with Crippen molar-refractivity contribution < 1.29 is 9.50 Å². The number of hydrogen-bond acceptors (Lipinski definition) is 6. The Morgan fingerprint density at radius 1 is 1.20 bits per heavy atom. The molecule has 0 radical (unpaired) electrons. The third kappa shape index (κ3) is 2.89. The quantitative estimate of drug-likeness (QED) is 0.618. The van der Waals surface area contributed by atoms with Gasteiger partial charge in [-0.1, -0.05) is 29.8 Å². The molecule has 4 rings (SSSR count). The van der Waals surface area contributed by atoms with Crippen LogP contribution in [0.2, 0.25) is 0 Å². The second-order valence-corrected chi connectivity index (χ2v) is 5.63. The second kappa shape index (κ2) is 5.90. The molecule has 0 aliphatic carbocycles. The van der Waals surface area contributed by atoms with Crippen LogP contribution >= 0.6 is 0 Å². The monoisotopic (exact) mass is 336 g/mol. The van der Waals surface area contributed by atoms with E-state index in [-0.39, 0.29) is 5.82 Å². The molecule has 0 atom stereocenters. The van der Waals surface area contributed by atoms with Crippen LogP contribution < -0.4 is 0 Å². The van der Waals surface area contributed by atoms with E-state index in [1.807, 2.05) is 25.1 Å². The highest BCUT2D eigenvalue weighted by Gasteiger charge is 2.14. The Labute approximate surface area is 141 Å². The van der Waals surface area contributed by atoms with E-state index in [2.05, 4.69) is 31.1 Å². The van der Waals surface area contributed by atoms with Gasteiger partial charge in [0.1, 0.15) is 12.0 Å². The predicted molar refractivity (Wildman–Crippen MR) is 87.4 cm³/mol. The molecule has 3 heterocycles. The van der Waals surface area contributed by atoms with Crippen molar-refractivity contribution in [3.05, 3.63) is 65.6 Å². The van der Waals surface area contributed by atoms with E-state index in [1.165, 1.54) is 6.33 Å². The lowest BCUT2D eigenvalue weighted by atomic mass is 10.1. The number of benzene rings is 1. The molecule has 25 heavy (non-hydrogen) atoms. The zero-order valence-corrected chi connectivity index (χ0v) is 13.3. The van der Waals surface area contributed by atoms with Gasteiger partial charge >= 0.3 is 0 Å². The molecule has 0 spiro atoms. The number of halogens is 1. The molecule has 0 unspecified atom stereocenters. The molecule has 4 aromatic rings. The molecule has 7 nitrogen and oxygen atoms in total. The van der Waals surface area contributed by atoms with E-state index in [0.29, 0.717) is 23.5 Å². The van der Waals surface area contributed by atoms with Gasteiger partial charge in [-0.3, -0.25) is 0 Å². The number of aromatic nitrogens is 6. The first kappa shape index (κ1) is 15.1. The lowest BCUT2D eigenvalue weighted by Crippen LogP contribution is -2.03. The fraction of sp³-hybridized carbons (Fsp3) is 0.118. The van der Waals surface area contributed by atoms with Gasteiger partial charge in [0.15, 0.2) is 11.5 Å². The molecule has 0 fully saturated rings. The van der Waals surface area contributed by atoms with E-state index in [1.54, 1.807) is 10.7 Å². The van der Waals surface area contributed by atoms with Gasteiger partial charge < -0.3 is 5.11 Å². The van der Waals surface area contributed by atoms with E-state index in [4.69, 9.17) is 0 Å². The maximum atomic E-state index is 13.2. The highest BCUT2D eigenvalue weighted by atomic mass is 19.1. The summed E-state index contributed by atoms with van der Waals surface area (Å²) in [6.07, 6.45) is 4.48. The van der Waals surface area contributed by atoms with Crippen LogP contribution in [0.1, 0.15) is 16.8 Å². The van der Waals surface area contributed by atoms with Crippen molar-refractivity contribution in [2.75, 3.05) is 0 Å². The lowest BCUT2D eigenvalue weighted by Gasteiger charge is -2.07. The number of fused-ring (bicyclic) bond motifs is 1. The summed E-state index contributed by atoms with van der Waals surface area (Å²) in [5.74, 6) is -1.49. The summed E-state index contributed by atoms with van der Waals surface area (Å²) >= 11 is 0. The van der Waals surface area contributed by atoms with E-state index >= 15 is 0 Å². The number of hydrogen-bond donors (Lipinski definition) is 1. The minimum atomic E-state index is -0.884. The van der Waals surface area contributed by atoms with Crippen LogP contribution in [0.4, 0.5) is 4.39 Å². The molecular weight excluding hydrogens is 323 g/mol. The fourth-order valence-corrected chi connectivity index (χ4v) is 2.61. The second-order valence-electron chi connectivity index (χ2n) is 5.63. The van der Waals surface area contributed by atoms with Crippen molar-refractivity contribution in [1.29, 1.82) is 0 Å². The SMILES string of the molecule is Cc1cccc(Cc2nc(-c3ncc(F)c(O)n3)cn3ncnc23)c1. The van der Waals surface area contributed by atoms with Crippen LogP contribution in [0, 0.1) is 12.7 Å². The van der Waals surface area contributed by atoms with E-state index in [0.717, 1.165) is 17.3 Å². The topological polar surface area (TPSA) is 89.1 Å². The maximum absolute atomic E-state index is 13.2. The zero-order chi connectivity index (χ0) is 17.4. The van der Waals surface area contributed by atoms with Gasteiger partial charge in [0, 0.05) is 6.42 Å². The average molecular weight is 336 g/mol. The molecule has 3 aromatic heterocycles. The first-order chi connectivity index (χ1) is 12.1. The van der Waals surface area contributed by atoms with Crippen molar-refractivity contribution >= 4 is 5.65 Å². The van der Waals surface area contributed by atoms with Crippen molar-refractivity contribution in [3.8, 4) is 17.4 Å². The van der Waals surface area contributed by atoms with Gasteiger partial charge in [0.05, 0.1) is 18.1 Å². The number of rotatable bonds is 3. The summed E-state index contributed by atoms with van der Waals surface area (Å²) < 4.78 is 14.8. The van der Waals surface area contributed by atoms with Gasteiger partial charge in [0.2, 0.25) is 5.82 Å². The normalized spacial score (nSPS) is 11.1. The molecule has 0 aliphatic heterocycles. The van der Waals surface area contributed by atoms with Gasteiger partial charge in [-0.15, -0.1) is 0 Å². The average Bonchev–Trinajstić information content (AvgIpc) is 3.06. The first-order valence-corrected chi connectivity index (χ1v) is 7.57. The molecule has 0 saturated carbocycles. The number of aryl methyl sites for hydroxylation is 1. The largest absolute Gasteiger partial charge is 0.491 e. The van der Waals surface area contributed by atoms with Gasteiger partial charge in [-0.25, -0.2) is 19.5 Å². The molecule has 0 saturated heterocycles. The first-order valence-electron chi connectivity index (χ1n) is 7.57. The molecular formula is C17H13FN6O. The van der Waals surface area contributed by atoms with Crippen LogP contribution in [0.15, 0.2) is 43.0 Å². The van der Waals surface area contributed by atoms with Crippen LogP contribution in [0.3, 0.4) is 0 Å². The Morgan fingerprint density at radius 2 is 2.08 bits per heavy atom.